The first kappa shape index (κ1) is 22.7. The number of piperazine rings is 1. The van der Waals surface area contributed by atoms with Gasteiger partial charge in [-0.2, -0.15) is 0 Å². The van der Waals surface area contributed by atoms with Crippen molar-refractivity contribution in [2.75, 3.05) is 26.3 Å². The molecule has 1 amide bonds. The zero-order valence-electron chi connectivity index (χ0n) is 19.7. The summed E-state index contributed by atoms with van der Waals surface area (Å²) in [4.78, 5) is 22.1. The lowest BCUT2D eigenvalue weighted by Crippen LogP contribution is -2.49. The Hall–Kier alpha value is -2.44. The molecule has 2 bridgehead atoms. The molecule has 2 aliphatic heterocycles. The van der Waals surface area contributed by atoms with Crippen molar-refractivity contribution in [3.8, 4) is 5.75 Å². The fourth-order valence-corrected chi connectivity index (χ4v) is 5.20. The van der Waals surface area contributed by atoms with Gasteiger partial charge in [0.2, 0.25) is 0 Å². The molecule has 3 heterocycles. The molecule has 32 heavy (non-hydrogen) atoms. The molecule has 1 aromatic heterocycles. The molecule has 6 nitrogen and oxygen atoms in total. The van der Waals surface area contributed by atoms with Crippen LogP contribution in [0.15, 0.2) is 30.5 Å². The van der Waals surface area contributed by atoms with Gasteiger partial charge in [0.25, 0.3) is 5.91 Å². The van der Waals surface area contributed by atoms with Crippen LogP contribution < -0.4 is 4.74 Å². The maximum absolute atomic E-state index is 13.1. The Morgan fingerprint density at radius 1 is 1.19 bits per heavy atom. The molecule has 4 rings (SSSR count). The number of hydrogen-bond acceptors (Lipinski definition) is 5. The van der Waals surface area contributed by atoms with Crippen LogP contribution in [-0.4, -0.2) is 64.2 Å². The van der Waals surface area contributed by atoms with Crippen molar-refractivity contribution in [2.45, 2.75) is 65.1 Å². The van der Waals surface area contributed by atoms with Crippen molar-refractivity contribution in [3.05, 3.63) is 58.4 Å². The summed E-state index contributed by atoms with van der Waals surface area (Å²) in [6.45, 7) is 11.0. The Bertz CT molecular complexity index is 960. The van der Waals surface area contributed by atoms with E-state index in [0.29, 0.717) is 24.6 Å². The normalized spacial score (nSPS) is 21.2. The van der Waals surface area contributed by atoms with Crippen LogP contribution in [0.25, 0.3) is 0 Å². The number of fused-ring (bicyclic) bond motifs is 2. The van der Waals surface area contributed by atoms with Crippen LogP contribution in [0, 0.1) is 13.8 Å². The number of amides is 1. The van der Waals surface area contributed by atoms with Gasteiger partial charge in [0.1, 0.15) is 5.75 Å². The summed E-state index contributed by atoms with van der Waals surface area (Å²) in [5.74, 6) is 1.01. The van der Waals surface area contributed by atoms with Gasteiger partial charge in [0.15, 0.2) is 0 Å². The molecule has 1 aromatic carbocycles. The van der Waals surface area contributed by atoms with Gasteiger partial charge in [-0.15, -0.1) is 0 Å². The van der Waals surface area contributed by atoms with E-state index in [4.69, 9.17) is 9.84 Å². The third kappa shape index (κ3) is 4.26. The number of nitrogens with zero attached hydrogens (tertiary/aromatic N) is 3. The fourth-order valence-electron chi connectivity index (χ4n) is 5.20. The lowest BCUT2D eigenvalue weighted by Gasteiger charge is -2.38. The predicted octanol–water partition coefficient (Wildman–Crippen LogP) is 3.68. The molecule has 0 radical (unpaired) electrons. The summed E-state index contributed by atoms with van der Waals surface area (Å²) in [6, 6.07) is 9.05. The van der Waals surface area contributed by atoms with Crippen molar-refractivity contribution in [1.29, 1.82) is 0 Å². The first-order valence-corrected chi connectivity index (χ1v) is 11.8. The topological polar surface area (TPSA) is 65.9 Å². The van der Waals surface area contributed by atoms with Crippen LogP contribution in [0.5, 0.6) is 5.75 Å². The molecular weight excluding hydrogens is 402 g/mol. The fraction of sp³-hybridized carbons (Fsp3) is 0.538. The molecular formula is C26H35N3O3. The Morgan fingerprint density at radius 2 is 2.00 bits per heavy atom. The second-order valence-electron chi connectivity index (χ2n) is 9.09. The van der Waals surface area contributed by atoms with E-state index >= 15 is 0 Å². The van der Waals surface area contributed by atoms with Crippen molar-refractivity contribution >= 4 is 5.91 Å². The number of carbonyl (C=O) groups excluding carboxylic acids is 1. The first-order valence-electron chi connectivity index (χ1n) is 11.8. The minimum absolute atomic E-state index is 0.108. The zero-order chi connectivity index (χ0) is 22.8. The average Bonchev–Trinajstić information content (AvgIpc) is 3.42. The third-order valence-electron chi connectivity index (χ3n) is 7.26. The minimum Gasteiger partial charge on any atom is -0.493 e. The van der Waals surface area contributed by atoms with Gasteiger partial charge >= 0.3 is 0 Å². The zero-order valence-corrected chi connectivity index (χ0v) is 19.7. The summed E-state index contributed by atoms with van der Waals surface area (Å²) in [5.41, 5.74) is 5.45. The van der Waals surface area contributed by atoms with Crippen LogP contribution in [-0.2, 0) is 6.42 Å². The number of pyridine rings is 1. The SMILES string of the molecule is CCc1ccc(C(=O)N2C[C@@H]3C[C@H]2CN3[C@@H](C)c2ccc(OCCCO)c(C)c2C)cn1. The number of rotatable bonds is 8. The molecule has 0 aliphatic carbocycles. The molecule has 6 heteroatoms. The molecule has 1 N–H and O–H groups in total. The van der Waals surface area contributed by atoms with Gasteiger partial charge in [-0.05, 0) is 68.5 Å². The van der Waals surface area contributed by atoms with Crippen LogP contribution in [0.3, 0.4) is 0 Å². The summed E-state index contributed by atoms with van der Waals surface area (Å²) < 4.78 is 5.84. The highest BCUT2D eigenvalue weighted by atomic mass is 16.5. The van der Waals surface area contributed by atoms with E-state index in [9.17, 15) is 4.79 Å². The molecule has 0 spiro atoms. The Balaban J connectivity index is 1.43. The quantitative estimate of drug-likeness (QED) is 0.638. The third-order valence-corrected chi connectivity index (χ3v) is 7.26. The van der Waals surface area contributed by atoms with Crippen LogP contribution in [0.2, 0.25) is 0 Å². The Kier molecular flexibility index (Phi) is 6.82. The van der Waals surface area contributed by atoms with Crippen molar-refractivity contribution in [2.24, 2.45) is 0 Å². The molecule has 3 atom stereocenters. The molecule has 172 valence electrons. The number of aliphatic hydroxyl groups excluding tert-OH is 1. The van der Waals surface area contributed by atoms with E-state index in [1.54, 1.807) is 6.20 Å². The highest BCUT2D eigenvalue weighted by Crippen LogP contribution is 2.39. The number of hydrogen-bond donors (Lipinski definition) is 1. The number of benzene rings is 1. The van der Waals surface area contributed by atoms with E-state index in [2.05, 4.69) is 49.7 Å². The van der Waals surface area contributed by atoms with Gasteiger partial charge in [0, 0.05) is 56.1 Å². The lowest BCUT2D eigenvalue weighted by atomic mass is 9.96. The number of aryl methyl sites for hydroxylation is 1. The van der Waals surface area contributed by atoms with Gasteiger partial charge < -0.3 is 14.7 Å². The summed E-state index contributed by atoms with van der Waals surface area (Å²) in [6.07, 6.45) is 4.28. The van der Waals surface area contributed by atoms with Crippen LogP contribution in [0.4, 0.5) is 0 Å². The Morgan fingerprint density at radius 3 is 2.62 bits per heavy atom. The van der Waals surface area contributed by atoms with Gasteiger partial charge in [-0.1, -0.05) is 13.0 Å². The number of aliphatic hydroxyl groups is 1. The lowest BCUT2D eigenvalue weighted by molar-refractivity contribution is 0.0568. The first-order chi connectivity index (χ1) is 15.4. The number of likely N-dealkylation sites (tertiary alicyclic amines) is 2. The molecule has 2 saturated heterocycles. The largest absolute Gasteiger partial charge is 0.493 e. The highest BCUT2D eigenvalue weighted by molar-refractivity contribution is 5.94. The van der Waals surface area contributed by atoms with Crippen LogP contribution >= 0.6 is 0 Å². The summed E-state index contributed by atoms with van der Waals surface area (Å²) in [7, 11) is 0. The second kappa shape index (κ2) is 9.59. The number of ether oxygens (including phenoxy) is 1. The van der Waals surface area contributed by atoms with Gasteiger partial charge in [-0.25, -0.2) is 0 Å². The van der Waals surface area contributed by atoms with E-state index < -0.39 is 0 Å². The molecule has 0 saturated carbocycles. The molecule has 2 fully saturated rings. The van der Waals surface area contributed by atoms with E-state index in [1.165, 1.54) is 11.1 Å². The molecule has 2 aliphatic rings. The summed E-state index contributed by atoms with van der Waals surface area (Å²) >= 11 is 0. The van der Waals surface area contributed by atoms with Crippen molar-refractivity contribution in [3.63, 3.8) is 0 Å². The minimum atomic E-state index is 0.108. The van der Waals surface area contributed by atoms with Crippen molar-refractivity contribution < 1.29 is 14.6 Å². The maximum atomic E-state index is 13.1. The molecule has 2 aromatic rings. The van der Waals surface area contributed by atoms with Crippen molar-refractivity contribution in [1.82, 2.24) is 14.8 Å². The average molecular weight is 438 g/mol. The smallest absolute Gasteiger partial charge is 0.255 e. The van der Waals surface area contributed by atoms with Gasteiger partial charge in [0.05, 0.1) is 12.2 Å². The maximum Gasteiger partial charge on any atom is 0.255 e. The highest BCUT2D eigenvalue weighted by Gasteiger charge is 2.47. The van der Waals surface area contributed by atoms with Crippen LogP contribution in [0.1, 0.15) is 65.5 Å². The summed E-state index contributed by atoms with van der Waals surface area (Å²) in [5, 5.41) is 8.98. The predicted molar refractivity (Wildman–Crippen MR) is 125 cm³/mol. The molecule has 0 unspecified atom stereocenters. The van der Waals surface area contributed by atoms with Gasteiger partial charge in [-0.3, -0.25) is 14.7 Å². The number of carbonyl (C=O) groups is 1. The Labute approximate surface area is 191 Å². The number of aromatic nitrogens is 1. The van der Waals surface area contributed by atoms with E-state index in [1.807, 2.05) is 17.0 Å². The second-order valence-corrected chi connectivity index (χ2v) is 9.09. The standard InChI is InChI=1S/C26H35N3O3/c1-5-21-8-7-20(14-27-21)26(31)29-16-22-13-23(29)15-28(22)19(4)24-9-10-25(18(3)17(24)2)32-12-6-11-30/h7-10,14,19,22-23,30H,5-6,11-13,15-16H2,1-4H3/t19-,22-,23-/m0/s1. The monoisotopic (exact) mass is 437 g/mol. The van der Waals surface area contributed by atoms with E-state index in [0.717, 1.165) is 42.9 Å². The van der Waals surface area contributed by atoms with E-state index in [-0.39, 0.29) is 24.6 Å².